The predicted octanol–water partition coefficient (Wildman–Crippen LogP) is 3.09. The number of Topliss-reactive ketones (excluding diaryl/α,β-unsaturated/α-hetero) is 2. The lowest BCUT2D eigenvalue weighted by molar-refractivity contribution is 0.0935. The normalized spacial score (nSPS) is 16.1. The summed E-state index contributed by atoms with van der Waals surface area (Å²) in [7, 11) is -2.47. The quantitative estimate of drug-likeness (QED) is 0.552. The number of nitrogens with zero attached hydrogens (tertiary/aromatic N) is 2. The standard InChI is InChI=1S/C27H25N3O5S/c1-35-23-14-8-7-13-22(23)29-15-17-30(18-16-29)25-24(28-36(33,34)19-9-3-2-4-10-19)26(31)20-11-5-6-12-21(20)27(25)32/h2-14,28H,15-18H2,1H3. The number of ether oxygens (including phenoxy) is 1. The monoisotopic (exact) mass is 503 g/mol. The average molecular weight is 504 g/mol. The van der Waals surface area contributed by atoms with Gasteiger partial charge in [-0.2, -0.15) is 0 Å². The molecule has 0 spiro atoms. The number of carbonyl (C=O) groups excluding carboxylic acids is 2. The van der Waals surface area contributed by atoms with Crippen molar-refractivity contribution in [2.24, 2.45) is 0 Å². The molecule has 184 valence electrons. The van der Waals surface area contributed by atoms with Crippen LogP contribution in [0.25, 0.3) is 0 Å². The summed E-state index contributed by atoms with van der Waals surface area (Å²) < 4.78 is 34.2. The van der Waals surface area contributed by atoms with Crippen LogP contribution in [0, 0.1) is 0 Å². The van der Waals surface area contributed by atoms with Crippen molar-refractivity contribution in [2.45, 2.75) is 4.90 Å². The molecule has 1 saturated heterocycles. The van der Waals surface area contributed by atoms with Crippen molar-refractivity contribution < 1.29 is 22.7 Å². The maximum Gasteiger partial charge on any atom is 0.262 e. The molecule has 3 aromatic carbocycles. The van der Waals surface area contributed by atoms with E-state index in [1.165, 1.54) is 12.1 Å². The number of ketones is 2. The zero-order chi connectivity index (χ0) is 25.3. The number of methoxy groups -OCH3 is 1. The molecule has 0 amide bonds. The third kappa shape index (κ3) is 4.22. The number of para-hydroxylation sites is 2. The second-order valence-electron chi connectivity index (χ2n) is 8.49. The number of benzene rings is 3. The summed E-state index contributed by atoms with van der Waals surface area (Å²) >= 11 is 0. The van der Waals surface area contributed by atoms with E-state index in [2.05, 4.69) is 9.62 Å². The summed E-state index contributed by atoms with van der Waals surface area (Å²) in [5, 5.41) is 0. The van der Waals surface area contributed by atoms with E-state index >= 15 is 0 Å². The zero-order valence-electron chi connectivity index (χ0n) is 19.7. The second kappa shape index (κ2) is 9.50. The van der Waals surface area contributed by atoms with Crippen LogP contribution in [-0.2, 0) is 10.0 Å². The fourth-order valence-corrected chi connectivity index (χ4v) is 5.71. The van der Waals surface area contributed by atoms with Crippen LogP contribution in [-0.4, -0.2) is 58.2 Å². The first kappa shape index (κ1) is 23.6. The number of sulfonamides is 1. The molecule has 1 heterocycles. The van der Waals surface area contributed by atoms with E-state index in [4.69, 9.17) is 4.74 Å². The SMILES string of the molecule is COc1ccccc1N1CCN(C2=C(NS(=O)(=O)c3ccccc3)C(=O)c3ccccc3C2=O)CC1. The predicted molar refractivity (Wildman–Crippen MR) is 136 cm³/mol. The van der Waals surface area contributed by atoms with E-state index in [0.29, 0.717) is 26.2 Å². The van der Waals surface area contributed by atoms with Gasteiger partial charge in [-0.05, 0) is 24.3 Å². The Balaban J connectivity index is 1.51. The van der Waals surface area contributed by atoms with Crippen LogP contribution in [0.1, 0.15) is 20.7 Å². The molecule has 0 saturated carbocycles. The first-order chi connectivity index (χ1) is 17.4. The Kier molecular flexibility index (Phi) is 6.24. The van der Waals surface area contributed by atoms with Crippen molar-refractivity contribution in [3.05, 3.63) is 101 Å². The lowest BCUT2D eigenvalue weighted by Gasteiger charge is -2.39. The molecule has 0 unspecified atom stereocenters. The number of hydrogen-bond acceptors (Lipinski definition) is 7. The number of allylic oxidation sites excluding steroid dienone is 2. The first-order valence-electron chi connectivity index (χ1n) is 11.5. The molecule has 5 rings (SSSR count). The van der Waals surface area contributed by atoms with Gasteiger partial charge in [0.2, 0.25) is 11.6 Å². The summed E-state index contributed by atoms with van der Waals surface area (Å²) in [5.41, 5.74) is 1.26. The Hall–Kier alpha value is -4.11. The van der Waals surface area contributed by atoms with Crippen molar-refractivity contribution >= 4 is 27.3 Å². The molecule has 36 heavy (non-hydrogen) atoms. The fourth-order valence-electron chi connectivity index (χ4n) is 4.61. The van der Waals surface area contributed by atoms with E-state index in [1.807, 2.05) is 24.3 Å². The summed E-state index contributed by atoms with van der Waals surface area (Å²) in [5.74, 6) is -0.145. The van der Waals surface area contributed by atoms with Crippen molar-refractivity contribution in [3.8, 4) is 5.75 Å². The molecule has 9 heteroatoms. The zero-order valence-corrected chi connectivity index (χ0v) is 20.5. The topological polar surface area (TPSA) is 96.0 Å². The lowest BCUT2D eigenvalue weighted by atomic mass is 9.89. The van der Waals surface area contributed by atoms with Gasteiger partial charge in [-0.3, -0.25) is 14.3 Å². The molecular weight excluding hydrogens is 478 g/mol. The molecule has 1 aliphatic carbocycles. The molecule has 0 aromatic heterocycles. The van der Waals surface area contributed by atoms with Gasteiger partial charge in [-0.25, -0.2) is 8.42 Å². The molecule has 8 nitrogen and oxygen atoms in total. The first-order valence-corrected chi connectivity index (χ1v) is 13.0. The van der Waals surface area contributed by atoms with Crippen LogP contribution >= 0.6 is 0 Å². The van der Waals surface area contributed by atoms with E-state index in [1.54, 1.807) is 54.5 Å². The Labute approximate surface area is 209 Å². The van der Waals surface area contributed by atoms with Gasteiger partial charge in [-0.15, -0.1) is 0 Å². The van der Waals surface area contributed by atoms with Gasteiger partial charge in [0.25, 0.3) is 10.0 Å². The van der Waals surface area contributed by atoms with Gasteiger partial charge in [-0.1, -0.05) is 54.6 Å². The minimum atomic E-state index is -4.09. The molecule has 2 aliphatic rings. The van der Waals surface area contributed by atoms with Crippen LogP contribution in [0.15, 0.2) is 95.2 Å². The minimum Gasteiger partial charge on any atom is -0.495 e. The van der Waals surface area contributed by atoms with Gasteiger partial charge in [0, 0.05) is 37.3 Å². The minimum absolute atomic E-state index is 0.0111. The highest BCUT2D eigenvalue weighted by molar-refractivity contribution is 7.89. The highest BCUT2D eigenvalue weighted by Crippen LogP contribution is 2.32. The van der Waals surface area contributed by atoms with Crippen LogP contribution in [0.3, 0.4) is 0 Å². The van der Waals surface area contributed by atoms with Gasteiger partial charge in [0.05, 0.1) is 17.7 Å². The Morgan fingerprint density at radius 2 is 1.28 bits per heavy atom. The number of hydrogen-bond donors (Lipinski definition) is 1. The highest BCUT2D eigenvalue weighted by Gasteiger charge is 2.38. The molecule has 0 radical (unpaired) electrons. The Bertz CT molecular complexity index is 1460. The van der Waals surface area contributed by atoms with E-state index in [-0.39, 0.29) is 33.2 Å². The third-order valence-electron chi connectivity index (χ3n) is 6.41. The molecule has 1 N–H and O–H groups in total. The van der Waals surface area contributed by atoms with Gasteiger partial charge in [0.15, 0.2) is 0 Å². The van der Waals surface area contributed by atoms with Gasteiger partial charge >= 0.3 is 0 Å². The largest absolute Gasteiger partial charge is 0.495 e. The number of fused-ring (bicyclic) bond motifs is 1. The van der Waals surface area contributed by atoms with Crippen molar-refractivity contribution in [2.75, 3.05) is 38.2 Å². The lowest BCUT2D eigenvalue weighted by Crippen LogP contribution is -2.49. The fraction of sp³-hybridized carbons (Fsp3) is 0.185. The highest BCUT2D eigenvalue weighted by atomic mass is 32.2. The molecule has 1 aliphatic heterocycles. The number of anilines is 1. The molecule has 3 aromatic rings. The Morgan fingerprint density at radius 1 is 0.722 bits per heavy atom. The van der Waals surface area contributed by atoms with Crippen molar-refractivity contribution in [1.82, 2.24) is 9.62 Å². The third-order valence-corrected chi connectivity index (χ3v) is 7.77. The maximum atomic E-state index is 13.6. The Morgan fingerprint density at radius 3 is 1.94 bits per heavy atom. The summed E-state index contributed by atoms with van der Waals surface area (Å²) in [6.45, 7) is 1.97. The summed E-state index contributed by atoms with van der Waals surface area (Å²) in [4.78, 5) is 31.1. The van der Waals surface area contributed by atoms with E-state index in [9.17, 15) is 18.0 Å². The van der Waals surface area contributed by atoms with E-state index < -0.39 is 15.8 Å². The smallest absolute Gasteiger partial charge is 0.262 e. The van der Waals surface area contributed by atoms with Crippen LogP contribution < -0.4 is 14.4 Å². The molecule has 0 bridgehead atoms. The van der Waals surface area contributed by atoms with Crippen molar-refractivity contribution in [1.29, 1.82) is 0 Å². The summed E-state index contributed by atoms with van der Waals surface area (Å²) in [6.07, 6.45) is 0. The number of nitrogens with one attached hydrogen (secondary N) is 1. The number of rotatable bonds is 6. The van der Waals surface area contributed by atoms with E-state index in [0.717, 1.165) is 11.4 Å². The van der Waals surface area contributed by atoms with Crippen LogP contribution in [0.4, 0.5) is 5.69 Å². The number of carbonyl (C=O) groups is 2. The average Bonchev–Trinajstić information content (AvgIpc) is 2.92. The van der Waals surface area contributed by atoms with Crippen LogP contribution in [0.2, 0.25) is 0 Å². The molecule has 0 atom stereocenters. The number of piperazine rings is 1. The van der Waals surface area contributed by atoms with Gasteiger partial charge < -0.3 is 14.5 Å². The molecule has 1 fully saturated rings. The molecular formula is C27H25N3O5S. The summed E-state index contributed by atoms with van der Waals surface area (Å²) in [6, 6.07) is 22.0. The second-order valence-corrected chi connectivity index (χ2v) is 10.2. The van der Waals surface area contributed by atoms with Gasteiger partial charge in [0.1, 0.15) is 17.1 Å². The van der Waals surface area contributed by atoms with Crippen molar-refractivity contribution in [3.63, 3.8) is 0 Å². The maximum absolute atomic E-state index is 13.6. The van der Waals surface area contributed by atoms with Crippen LogP contribution in [0.5, 0.6) is 5.75 Å².